The molecule has 0 bridgehead atoms. The van der Waals surface area contributed by atoms with Crippen molar-refractivity contribution in [2.45, 2.75) is 13.0 Å². The van der Waals surface area contributed by atoms with E-state index < -0.39 is 0 Å². The lowest BCUT2D eigenvalue weighted by molar-refractivity contribution is -0.130. The van der Waals surface area contributed by atoms with Crippen molar-refractivity contribution >= 4 is 30.2 Å². The highest BCUT2D eigenvalue weighted by Gasteiger charge is 2.24. The number of amides is 2. The highest BCUT2D eigenvalue weighted by atomic mass is 16.5. The van der Waals surface area contributed by atoms with Crippen molar-refractivity contribution < 1.29 is 19.1 Å². The average molecular weight is 355 g/mol. The van der Waals surface area contributed by atoms with Gasteiger partial charge in [-0.2, -0.15) is 0 Å². The van der Waals surface area contributed by atoms with Gasteiger partial charge in [-0.25, -0.2) is 0 Å². The largest absolute Gasteiger partial charge is 0.463 e. The molecule has 0 aromatic heterocycles. The Kier molecular flexibility index (Phi) is 7.17. The van der Waals surface area contributed by atoms with Crippen LogP contribution in [-0.4, -0.2) is 37.4 Å². The Morgan fingerprint density at radius 2 is 1.77 bits per heavy atom. The van der Waals surface area contributed by atoms with Crippen molar-refractivity contribution in [3.05, 3.63) is 60.2 Å². The predicted octanol–water partition coefficient (Wildman–Crippen LogP) is 2.20. The van der Waals surface area contributed by atoms with Gasteiger partial charge in [0.05, 0.1) is 5.69 Å². The SMILES string of the molecule is CN1C(=O)CCN1c1ccccc1.O=CNc1ccccc1COC=O. The molecular weight excluding hydrogens is 334 g/mol. The molecule has 7 nitrogen and oxygen atoms in total. The second kappa shape index (κ2) is 9.83. The number of nitrogens with zero attached hydrogens (tertiary/aromatic N) is 2. The number of benzene rings is 2. The molecule has 0 radical (unpaired) electrons. The summed E-state index contributed by atoms with van der Waals surface area (Å²) in [6, 6.07) is 17.0. The van der Waals surface area contributed by atoms with Gasteiger partial charge in [-0.05, 0) is 18.2 Å². The topological polar surface area (TPSA) is 79.0 Å². The third-order valence-corrected chi connectivity index (χ3v) is 3.85. The van der Waals surface area contributed by atoms with Gasteiger partial charge < -0.3 is 10.1 Å². The monoisotopic (exact) mass is 355 g/mol. The van der Waals surface area contributed by atoms with Gasteiger partial charge in [-0.15, -0.1) is 0 Å². The Balaban J connectivity index is 0.000000187. The fraction of sp³-hybridized carbons (Fsp3) is 0.211. The van der Waals surface area contributed by atoms with Crippen molar-refractivity contribution in [2.75, 3.05) is 23.9 Å². The zero-order valence-corrected chi connectivity index (χ0v) is 14.5. The number of carbonyl (C=O) groups excluding carboxylic acids is 3. The second-order valence-electron chi connectivity index (χ2n) is 5.45. The summed E-state index contributed by atoms with van der Waals surface area (Å²) in [6.45, 7) is 1.33. The quantitative estimate of drug-likeness (QED) is 0.804. The summed E-state index contributed by atoms with van der Waals surface area (Å²) >= 11 is 0. The number of hydrogen-bond acceptors (Lipinski definition) is 5. The molecule has 0 aliphatic carbocycles. The molecule has 2 amide bonds. The van der Waals surface area contributed by atoms with Gasteiger partial charge >= 0.3 is 0 Å². The van der Waals surface area contributed by atoms with Crippen molar-refractivity contribution in [1.82, 2.24) is 5.01 Å². The van der Waals surface area contributed by atoms with Crippen molar-refractivity contribution in [3.8, 4) is 0 Å². The Bertz CT molecular complexity index is 737. The van der Waals surface area contributed by atoms with E-state index in [4.69, 9.17) is 0 Å². The maximum Gasteiger partial charge on any atom is 0.293 e. The molecule has 1 aliphatic heterocycles. The molecule has 1 fully saturated rings. The van der Waals surface area contributed by atoms with Crippen LogP contribution in [0.25, 0.3) is 0 Å². The Hall–Kier alpha value is -3.35. The molecule has 0 atom stereocenters. The van der Waals surface area contributed by atoms with Crippen LogP contribution in [0.15, 0.2) is 54.6 Å². The minimum atomic E-state index is 0.167. The van der Waals surface area contributed by atoms with Crippen LogP contribution >= 0.6 is 0 Å². The highest BCUT2D eigenvalue weighted by molar-refractivity contribution is 5.81. The molecule has 3 rings (SSSR count). The van der Waals surface area contributed by atoms with Crippen LogP contribution in [0.4, 0.5) is 11.4 Å². The van der Waals surface area contributed by atoms with Gasteiger partial charge in [0.2, 0.25) is 12.3 Å². The van der Waals surface area contributed by atoms with Crippen molar-refractivity contribution in [1.29, 1.82) is 0 Å². The first kappa shape index (κ1) is 19.0. The van der Waals surface area contributed by atoms with Gasteiger partial charge in [0.15, 0.2) is 0 Å². The fourth-order valence-corrected chi connectivity index (χ4v) is 2.52. The standard InChI is InChI=1S/C10H12N2O.C9H9NO3/c1-11-10(13)7-8-12(11)9-5-3-2-4-6-9;11-6-10-9-4-2-1-3-8(9)5-13-7-12/h2-6H,7-8H2,1H3;1-4,6-7H,5H2,(H,10,11). The van der Waals surface area contributed by atoms with Crippen LogP contribution in [0.3, 0.4) is 0 Å². The number of carbonyl (C=O) groups is 3. The van der Waals surface area contributed by atoms with E-state index in [1.165, 1.54) is 0 Å². The van der Waals surface area contributed by atoms with Crippen LogP contribution in [0.1, 0.15) is 12.0 Å². The molecule has 0 unspecified atom stereocenters. The summed E-state index contributed by atoms with van der Waals surface area (Å²) in [5.41, 5.74) is 2.50. The van der Waals surface area contributed by atoms with Gasteiger partial charge in [0.1, 0.15) is 6.61 Å². The fourth-order valence-electron chi connectivity index (χ4n) is 2.52. The maximum absolute atomic E-state index is 11.2. The lowest BCUT2D eigenvalue weighted by atomic mass is 10.2. The molecule has 1 N–H and O–H groups in total. The molecular formula is C19H21N3O4. The number of nitrogens with one attached hydrogen (secondary N) is 1. The van der Waals surface area contributed by atoms with Gasteiger partial charge in [-0.3, -0.25) is 24.4 Å². The zero-order valence-electron chi connectivity index (χ0n) is 14.5. The van der Waals surface area contributed by atoms with Crippen molar-refractivity contribution in [2.24, 2.45) is 0 Å². The Morgan fingerprint density at radius 3 is 2.38 bits per heavy atom. The molecule has 0 spiro atoms. The first-order valence-corrected chi connectivity index (χ1v) is 8.09. The molecule has 1 aliphatic rings. The molecule has 26 heavy (non-hydrogen) atoms. The minimum Gasteiger partial charge on any atom is -0.463 e. The van der Waals surface area contributed by atoms with Crippen LogP contribution in [0, 0.1) is 0 Å². The van der Waals surface area contributed by atoms with Crippen molar-refractivity contribution in [3.63, 3.8) is 0 Å². The third kappa shape index (κ3) is 5.07. The summed E-state index contributed by atoms with van der Waals surface area (Å²) in [4.78, 5) is 31.4. The first-order valence-electron chi connectivity index (χ1n) is 8.09. The number of ether oxygens (including phenoxy) is 1. The van der Waals surface area contributed by atoms with E-state index >= 15 is 0 Å². The van der Waals surface area contributed by atoms with Crippen LogP contribution in [0.5, 0.6) is 0 Å². The normalized spacial score (nSPS) is 12.9. The second-order valence-corrected chi connectivity index (χ2v) is 5.45. The smallest absolute Gasteiger partial charge is 0.293 e. The average Bonchev–Trinajstić information content (AvgIpc) is 3.01. The summed E-state index contributed by atoms with van der Waals surface area (Å²) in [7, 11) is 1.81. The molecule has 1 heterocycles. The lowest BCUT2D eigenvalue weighted by Crippen LogP contribution is -2.35. The number of anilines is 2. The van der Waals surface area contributed by atoms with Gasteiger partial charge in [0.25, 0.3) is 6.47 Å². The number of hydrogen-bond donors (Lipinski definition) is 1. The van der Waals surface area contributed by atoms with Crippen LogP contribution < -0.4 is 10.3 Å². The maximum atomic E-state index is 11.2. The Morgan fingerprint density at radius 1 is 1.08 bits per heavy atom. The van der Waals surface area contributed by atoms with E-state index in [0.29, 0.717) is 25.0 Å². The third-order valence-electron chi connectivity index (χ3n) is 3.85. The first-order chi connectivity index (χ1) is 12.7. The van der Waals surface area contributed by atoms with Gasteiger partial charge in [-0.1, -0.05) is 36.4 Å². The van der Waals surface area contributed by atoms with E-state index in [9.17, 15) is 14.4 Å². The summed E-state index contributed by atoms with van der Waals surface area (Å²) < 4.78 is 4.57. The lowest BCUT2D eigenvalue weighted by Gasteiger charge is -2.25. The van der Waals surface area contributed by atoms with E-state index in [2.05, 4.69) is 10.1 Å². The minimum absolute atomic E-state index is 0.167. The number of hydrazine groups is 1. The molecule has 2 aromatic rings. The van der Waals surface area contributed by atoms with E-state index in [1.54, 1.807) is 29.3 Å². The van der Waals surface area contributed by atoms with E-state index in [1.807, 2.05) is 42.4 Å². The summed E-state index contributed by atoms with van der Waals surface area (Å²) in [6.07, 6.45) is 1.20. The number of para-hydroxylation sites is 2. The van der Waals surface area contributed by atoms with Crippen LogP contribution in [0.2, 0.25) is 0 Å². The van der Waals surface area contributed by atoms with E-state index in [-0.39, 0.29) is 12.5 Å². The summed E-state index contributed by atoms with van der Waals surface area (Å²) in [5, 5.41) is 6.17. The molecule has 2 aromatic carbocycles. The number of rotatable bonds is 6. The van der Waals surface area contributed by atoms with E-state index in [0.717, 1.165) is 17.8 Å². The molecule has 0 saturated carbocycles. The Labute approximate surface area is 152 Å². The molecule has 7 heteroatoms. The molecule has 1 saturated heterocycles. The zero-order chi connectivity index (χ0) is 18.8. The van der Waals surface area contributed by atoms with Gasteiger partial charge in [0, 0.05) is 31.3 Å². The highest BCUT2D eigenvalue weighted by Crippen LogP contribution is 2.20. The summed E-state index contributed by atoms with van der Waals surface area (Å²) in [5.74, 6) is 0.184. The predicted molar refractivity (Wildman–Crippen MR) is 98.2 cm³/mol. The van der Waals surface area contributed by atoms with Crippen LogP contribution in [-0.2, 0) is 25.7 Å². The molecule has 136 valence electrons.